The van der Waals surface area contributed by atoms with E-state index in [1.165, 1.54) is 30.1 Å². The van der Waals surface area contributed by atoms with E-state index in [-0.39, 0.29) is 29.1 Å². The second kappa shape index (κ2) is 16.6. The molecule has 2 aliphatic rings. The Hall–Kier alpha value is -4.14. The summed E-state index contributed by atoms with van der Waals surface area (Å²) in [5.74, 6) is -2.54. The first kappa shape index (κ1) is 37.3. The number of benzene rings is 1. The molecule has 0 radical (unpaired) electrons. The van der Waals surface area contributed by atoms with Crippen LogP contribution in [0.5, 0.6) is 5.75 Å². The van der Waals surface area contributed by atoms with E-state index in [2.05, 4.69) is 15.4 Å². The molecule has 0 bridgehead atoms. The number of carbonyl (C=O) groups is 5. The summed E-state index contributed by atoms with van der Waals surface area (Å²) in [5.41, 5.74) is 4.75. The van der Waals surface area contributed by atoms with Gasteiger partial charge in [-0.25, -0.2) is 17.9 Å². The van der Waals surface area contributed by atoms with E-state index in [9.17, 15) is 32.4 Å². The Kier molecular flexibility index (Phi) is 13.2. The lowest BCUT2D eigenvalue weighted by atomic mass is 10.0. The zero-order valence-electron chi connectivity index (χ0n) is 27.5. The topological polar surface area (TPSA) is 203 Å². The number of para-hydroxylation sites is 1. The maximum Gasteiger partial charge on any atom is 0.408 e. The van der Waals surface area contributed by atoms with Gasteiger partial charge >= 0.3 is 6.09 Å². The number of amides is 5. The summed E-state index contributed by atoms with van der Waals surface area (Å²) in [6.45, 7) is 5.22. The first-order valence-electron chi connectivity index (χ1n) is 15.9. The summed E-state index contributed by atoms with van der Waals surface area (Å²) in [6.07, 6.45) is 8.11. The van der Waals surface area contributed by atoms with Crippen molar-refractivity contribution in [2.45, 2.75) is 94.7 Å². The molecule has 0 aromatic heterocycles. The van der Waals surface area contributed by atoms with Crippen LogP contribution in [0, 0.1) is 11.8 Å². The highest BCUT2D eigenvalue weighted by molar-refractivity contribution is 7.90. The van der Waals surface area contributed by atoms with E-state index in [4.69, 9.17) is 15.2 Å². The molecule has 5 N–H and O–H groups in total. The fourth-order valence-corrected chi connectivity index (χ4v) is 6.47. The van der Waals surface area contributed by atoms with Crippen molar-refractivity contribution in [1.82, 2.24) is 20.3 Å². The molecule has 14 nitrogen and oxygen atoms in total. The highest BCUT2D eigenvalue weighted by Crippen LogP contribution is 2.40. The molecule has 1 saturated heterocycles. The van der Waals surface area contributed by atoms with Crippen molar-refractivity contribution in [1.29, 1.82) is 0 Å². The van der Waals surface area contributed by atoms with Gasteiger partial charge in [0.15, 0.2) is 6.61 Å². The molecule has 4 atom stereocenters. The van der Waals surface area contributed by atoms with Crippen LogP contribution in [0.15, 0.2) is 41.3 Å². The van der Waals surface area contributed by atoms with E-state index in [1.54, 1.807) is 26.8 Å². The Labute approximate surface area is 276 Å². The largest absolute Gasteiger partial charge is 0.482 e. The van der Waals surface area contributed by atoms with Crippen molar-refractivity contribution in [2.75, 3.05) is 20.2 Å². The van der Waals surface area contributed by atoms with Crippen molar-refractivity contribution in [3.05, 3.63) is 36.4 Å². The van der Waals surface area contributed by atoms with E-state index in [0.717, 1.165) is 12.8 Å². The smallest absolute Gasteiger partial charge is 0.408 e. The van der Waals surface area contributed by atoms with Crippen LogP contribution < -0.4 is 25.8 Å². The van der Waals surface area contributed by atoms with Gasteiger partial charge < -0.3 is 30.7 Å². The highest BCUT2D eigenvalue weighted by Gasteiger charge is 2.43. The summed E-state index contributed by atoms with van der Waals surface area (Å²) in [7, 11) is -2.78. The third kappa shape index (κ3) is 11.6. The molecule has 2 fully saturated rings. The van der Waals surface area contributed by atoms with Crippen LogP contribution in [0.4, 0.5) is 4.79 Å². The average molecular weight is 678 g/mol. The van der Waals surface area contributed by atoms with Crippen molar-refractivity contribution in [3.8, 4) is 5.75 Å². The molecule has 1 aromatic rings. The van der Waals surface area contributed by atoms with Crippen LogP contribution in [-0.4, -0.2) is 80.9 Å². The van der Waals surface area contributed by atoms with Crippen molar-refractivity contribution in [3.63, 3.8) is 0 Å². The minimum Gasteiger partial charge on any atom is -0.482 e. The van der Waals surface area contributed by atoms with Gasteiger partial charge in [-0.3, -0.25) is 19.2 Å². The van der Waals surface area contributed by atoms with Gasteiger partial charge in [0, 0.05) is 19.5 Å². The van der Waals surface area contributed by atoms with Crippen molar-refractivity contribution in [2.24, 2.45) is 17.6 Å². The molecule has 0 unspecified atom stereocenters. The van der Waals surface area contributed by atoms with Gasteiger partial charge in [0.2, 0.25) is 17.7 Å². The maximum atomic E-state index is 13.3. The number of sulfonamides is 1. The normalized spacial score (nSPS) is 19.9. The molecule has 1 saturated carbocycles. The Bertz CT molecular complexity index is 1440. The number of likely N-dealkylation sites (N-methyl/N-ethyl adjacent to an activating group) is 1. The number of carbonyl (C=O) groups excluding carboxylic acids is 5. The molecule has 3 rings (SSSR count). The van der Waals surface area contributed by atoms with E-state index in [1.807, 2.05) is 12.2 Å². The fourth-order valence-electron chi connectivity index (χ4n) is 5.29. The molecule has 15 heteroatoms. The number of ether oxygens (including phenoxy) is 2. The summed E-state index contributed by atoms with van der Waals surface area (Å²) in [5, 5.41) is 5.06. The predicted molar refractivity (Wildman–Crippen MR) is 172 cm³/mol. The maximum absolute atomic E-state index is 13.3. The van der Waals surface area contributed by atoms with Crippen molar-refractivity contribution >= 4 is 39.7 Å². The lowest BCUT2D eigenvalue weighted by Gasteiger charge is -2.28. The van der Waals surface area contributed by atoms with Gasteiger partial charge in [-0.05, 0) is 77.3 Å². The molecule has 260 valence electrons. The monoisotopic (exact) mass is 677 g/mol. The minimum absolute atomic E-state index is 0.0362. The highest BCUT2D eigenvalue weighted by atomic mass is 32.2. The van der Waals surface area contributed by atoms with Gasteiger partial charge in [0.05, 0.1) is 0 Å². The predicted octanol–water partition coefficient (Wildman–Crippen LogP) is 2.13. The van der Waals surface area contributed by atoms with Gasteiger partial charge in [-0.2, -0.15) is 0 Å². The zero-order valence-corrected chi connectivity index (χ0v) is 28.3. The first-order valence-corrected chi connectivity index (χ1v) is 17.4. The molecule has 47 heavy (non-hydrogen) atoms. The number of unbranched alkanes of at least 4 members (excludes halogenated alkanes) is 3. The van der Waals surface area contributed by atoms with Gasteiger partial charge in [0.25, 0.3) is 15.9 Å². The summed E-state index contributed by atoms with van der Waals surface area (Å²) in [4.78, 5) is 63.0. The number of nitrogens with zero attached hydrogens (tertiary/aromatic N) is 1. The zero-order chi connectivity index (χ0) is 34.8. The molecule has 5 amide bonds. The average Bonchev–Trinajstić information content (AvgIpc) is 3.60. The summed E-state index contributed by atoms with van der Waals surface area (Å²) >= 11 is 0. The number of nitrogens with one attached hydrogen (secondary N) is 3. The van der Waals surface area contributed by atoms with Crippen LogP contribution in [0.1, 0.15) is 72.1 Å². The SMILES string of the molecule is CNC(=O)COc1ccccc1S(=O)(=O)NC(=O)[C@H]1C[C@H]1/C=C\CCCCC[C@H](NC(=O)OC(C)(C)C)C(=O)N1CCC[C@H]1C(N)=O. The van der Waals surface area contributed by atoms with Gasteiger partial charge in [0.1, 0.15) is 28.3 Å². The van der Waals surface area contributed by atoms with Crippen LogP contribution >= 0.6 is 0 Å². The van der Waals surface area contributed by atoms with Crippen molar-refractivity contribution < 1.29 is 41.9 Å². The Morgan fingerprint density at radius 2 is 1.83 bits per heavy atom. The van der Waals surface area contributed by atoms with Crippen LogP contribution in [0.25, 0.3) is 0 Å². The number of rotatable bonds is 16. The molecule has 1 aromatic carbocycles. The summed E-state index contributed by atoms with van der Waals surface area (Å²) < 4.78 is 38.6. The Morgan fingerprint density at radius 3 is 2.51 bits per heavy atom. The van der Waals surface area contributed by atoms with Crippen LogP contribution in [0.3, 0.4) is 0 Å². The lowest BCUT2D eigenvalue weighted by Crippen LogP contribution is -2.53. The number of alkyl carbamates (subject to hydrolysis) is 1. The number of allylic oxidation sites excluding steroid dienone is 2. The Balaban J connectivity index is 1.45. The second-order valence-corrected chi connectivity index (χ2v) is 14.4. The summed E-state index contributed by atoms with van der Waals surface area (Å²) in [6, 6.07) is 4.24. The fraction of sp³-hybridized carbons (Fsp3) is 0.594. The molecule has 0 spiro atoms. The standard InChI is InChI=1S/C32H47N5O9S/c1-32(2,3)46-31(42)35-23(30(41)37-18-12-15-24(37)28(33)39)14-9-7-5-6-8-13-21-19-22(21)29(40)36-47(43,44)26-17-11-10-16-25(26)45-20-27(38)34-4/h8,10-11,13,16-17,21-24H,5-7,9,12,14-15,18-20H2,1-4H3,(H2,33,39)(H,34,38)(H,35,42)(H,36,40)/b13-8-/t21-,22+,23+,24+/m1/s1. The molecular formula is C32H47N5O9S. The second-order valence-electron chi connectivity index (χ2n) is 12.7. The number of likely N-dealkylation sites (tertiary alicyclic amines) is 1. The molecule has 1 heterocycles. The number of hydrogen-bond acceptors (Lipinski definition) is 9. The third-order valence-corrected chi connectivity index (χ3v) is 9.17. The molecular weight excluding hydrogens is 630 g/mol. The number of nitrogens with two attached hydrogens (primary N) is 1. The van der Waals surface area contributed by atoms with Crippen LogP contribution in [-0.2, 0) is 33.9 Å². The lowest BCUT2D eigenvalue weighted by molar-refractivity contribution is -0.139. The Morgan fingerprint density at radius 1 is 1.11 bits per heavy atom. The third-order valence-electron chi connectivity index (χ3n) is 7.79. The molecule has 1 aliphatic carbocycles. The van der Waals surface area contributed by atoms with Crippen LogP contribution in [0.2, 0.25) is 0 Å². The first-order chi connectivity index (χ1) is 22.1. The number of hydrogen-bond donors (Lipinski definition) is 4. The quantitative estimate of drug-likeness (QED) is 0.149. The minimum atomic E-state index is -4.22. The van der Waals surface area contributed by atoms with E-state index in [0.29, 0.717) is 45.1 Å². The van der Waals surface area contributed by atoms with Gasteiger partial charge in [-0.15, -0.1) is 0 Å². The molecule has 1 aliphatic heterocycles. The van der Waals surface area contributed by atoms with Gasteiger partial charge in [-0.1, -0.05) is 37.1 Å². The van der Waals surface area contributed by atoms with E-state index < -0.39 is 57.4 Å². The number of primary amides is 1. The van der Waals surface area contributed by atoms with E-state index >= 15 is 0 Å².